The molecule has 0 fully saturated rings. The van der Waals surface area contributed by atoms with E-state index in [4.69, 9.17) is 24.1 Å². The first-order valence-corrected chi connectivity index (χ1v) is 44.7. The third kappa shape index (κ3) is 24.1. The number of aromatic nitrogens is 2. The van der Waals surface area contributed by atoms with Gasteiger partial charge in [0.25, 0.3) is 0 Å². The maximum Gasteiger partial charge on any atom is 0.186 e. The number of carbonyl (C=O) groups excluding carboxylic acids is 1. The van der Waals surface area contributed by atoms with Gasteiger partial charge >= 0.3 is 0 Å². The van der Waals surface area contributed by atoms with Gasteiger partial charge in [-0.2, -0.15) is 0 Å². The average Bonchev–Trinajstić information content (AvgIpc) is 1.51. The van der Waals surface area contributed by atoms with Gasteiger partial charge < -0.3 is 34.0 Å². The molecule has 116 heavy (non-hydrogen) atoms. The van der Waals surface area contributed by atoms with Crippen molar-refractivity contribution in [2.45, 2.75) is 247 Å². The zero-order valence-electron chi connectivity index (χ0n) is 70.5. The Morgan fingerprint density at radius 2 is 0.784 bits per heavy atom. The minimum Gasteiger partial charge on any atom is -0.512 e. The number of aryl methyl sites for hydroxylation is 4. The molecule has 11 heteroatoms. The van der Waals surface area contributed by atoms with E-state index in [0.29, 0.717) is 0 Å². The van der Waals surface area contributed by atoms with Gasteiger partial charge in [-0.1, -0.05) is 289 Å². The van der Waals surface area contributed by atoms with Crippen LogP contribution in [0, 0.1) is 39.8 Å². The number of unbranched alkanes of at least 4 members (excludes halogenated alkanes) is 20. The van der Waals surface area contributed by atoms with Gasteiger partial charge in [-0.15, -0.1) is 47.2 Å². The van der Waals surface area contributed by atoms with E-state index in [1.807, 2.05) is 60.9 Å². The van der Waals surface area contributed by atoms with E-state index in [1.165, 1.54) is 254 Å². The number of benzene rings is 8. The molecule has 0 atom stereocenters. The number of hydrogen-bond acceptors (Lipinski definition) is 10. The van der Waals surface area contributed by atoms with Crippen molar-refractivity contribution in [3.05, 3.63) is 275 Å². The van der Waals surface area contributed by atoms with Crippen LogP contribution in [0.2, 0.25) is 0 Å². The molecule has 3 aliphatic rings. The van der Waals surface area contributed by atoms with Crippen LogP contribution in [-0.2, 0) is 36.1 Å². The molecule has 0 unspecified atom stereocenters. The van der Waals surface area contributed by atoms with Crippen molar-refractivity contribution in [2.75, 3.05) is 13.2 Å². The molecule has 611 valence electrons. The van der Waals surface area contributed by atoms with Crippen LogP contribution in [0.4, 0.5) is 0 Å². The summed E-state index contributed by atoms with van der Waals surface area (Å²) in [4.78, 5) is 20.9. The molecule has 0 bridgehead atoms. The van der Waals surface area contributed by atoms with Crippen molar-refractivity contribution in [1.29, 1.82) is 0 Å². The van der Waals surface area contributed by atoms with Gasteiger partial charge in [-0.3, -0.25) is 4.79 Å². The molecule has 1 aliphatic carbocycles. The van der Waals surface area contributed by atoms with Gasteiger partial charge in [-0.25, -0.2) is 22.7 Å². The number of aliphatic hydroxyl groups excluding tert-OH is 1. The van der Waals surface area contributed by atoms with Gasteiger partial charge in [-0.05, 0) is 181 Å². The number of rotatable bonds is 33. The fourth-order valence-corrected chi connectivity index (χ4v) is 18.0. The zero-order chi connectivity index (χ0) is 80.8. The second kappa shape index (κ2) is 45.7. The Kier molecular flexibility index (Phi) is 35.2. The summed E-state index contributed by atoms with van der Waals surface area (Å²) in [5.41, 5.74) is 18.5. The zero-order valence-corrected chi connectivity index (χ0v) is 74.6. The summed E-state index contributed by atoms with van der Waals surface area (Å²) < 4.78 is 29.6. The number of aliphatic hydroxyl groups is 1. The van der Waals surface area contributed by atoms with Crippen molar-refractivity contribution in [3.8, 4) is 77.5 Å². The second-order valence-corrected chi connectivity index (χ2v) is 33.7. The van der Waals surface area contributed by atoms with E-state index < -0.39 is 5.60 Å². The first kappa shape index (κ1) is 89.4. The largest absolute Gasteiger partial charge is 0.512 e. The van der Waals surface area contributed by atoms with Gasteiger partial charge in [0.15, 0.2) is 11.4 Å². The molecular formula is C105H122IrN2O6S2-2. The summed E-state index contributed by atoms with van der Waals surface area (Å²) in [6.07, 6.45) is 38.1. The Morgan fingerprint density at radius 1 is 0.405 bits per heavy atom. The summed E-state index contributed by atoms with van der Waals surface area (Å²) in [7, 11) is 0. The Hall–Kier alpha value is -8.96. The molecule has 2 aliphatic heterocycles. The Labute approximate surface area is 715 Å². The van der Waals surface area contributed by atoms with Crippen molar-refractivity contribution >= 4 is 48.6 Å². The predicted molar refractivity (Wildman–Crippen MR) is 486 cm³/mol. The van der Waals surface area contributed by atoms with Crippen LogP contribution < -0.4 is 18.9 Å². The minimum atomic E-state index is -0.748. The summed E-state index contributed by atoms with van der Waals surface area (Å²) in [5, 5.41) is 10.7. The maximum absolute atomic E-state index is 10.0. The number of fused-ring (bicyclic) bond motifs is 14. The van der Waals surface area contributed by atoms with Crippen molar-refractivity contribution < 1.29 is 49.0 Å². The number of pyridine rings is 2. The van der Waals surface area contributed by atoms with Crippen LogP contribution in [-0.4, -0.2) is 34.1 Å². The van der Waals surface area contributed by atoms with Crippen LogP contribution >= 0.6 is 22.7 Å². The third-order valence-corrected chi connectivity index (χ3v) is 24.2. The summed E-state index contributed by atoms with van der Waals surface area (Å²) in [6.45, 7) is 22.2. The van der Waals surface area contributed by atoms with Gasteiger partial charge in [0.05, 0.1) is 19.0 Å². The molecule has 0 saturated carbocycles. The molecule has 8 aromatic carbocycles. The Bertz CT molecular complexity index is 4820. The number of hydrogen-bond donors (Lipinski definition) is 1. The molecule has 1 spiro atoms. The van der Waals surface area contributed by atoms with Crippen molar-refractivity contribution in [2.24, 2.45) is 0 Å². The molecule has 1 N–H and O–H groups in total. The molecule has 8 nitrogen and oxygen atoms in total. The van der Waals surface area contributed by atoms with E-state index >= 15 is 0 Å². The summed E-state index contributed by atoms with van der Waals surface area (Å²) >= 11 is 3.46. The summed E-state index contributed by atoms with van der Waals surface area (Å²) in [5.74, 6) is 3.81. The molecular weight excluding hydrogens is 1640 g/mol. The van der Waals surface area contributed by atoms with Gasteiger partial charge in [0.1, 0.15) is 28.6 Å². The number of thiophene rings is 2. The normalized spacial score (nSPS) is 12.7. The van der Waals surface area contributed by atoms with Crippen LogP contribution in [0.3, 0.4) is 0 Å². The molecule has 12 aromatic rings. The fraction of sp³-hybridized carbons (Fsp3) is 0.381. The van der Waals surface area contributed by atoms with Gasteiger partial charge in [0, 0.05) is 83.3 Å². The monoisotopic (exact) mass is 1760 g/mol. The van der Waals surface area contributed by atoms with Crippen LogP contribution in [0.1, 0.15) is 253 Å². The summed E-state index contributed by atoms with van der Waals surface area (Å²) in [6, 6.07) is 75.6. The van der Waals surface area contributed by atoms with E-state index in [2.05, 4.69) is 223 Å². The second-order valence-electron chi connectivity index (χ2n) is 31.6. The Morgan fingerprint density at radius 3 is 1.19 bits per heavy atom. The first-order valence-electron chi connectivity index (χ1n) is 43.0. The topological polar surface area (TPSA) is 100 Å². The molecule has 15 rings (SSSR count). The molecule has 0 amide bonds. The Balaban J connectivity index is 0.000000173. The molecule has 4 aromatic heterocycles. The number of carbonyl (C=O) groups is 1. The smallest absolute Gasteiger partial charge is 0.186 e. The van der Waals surface area contributed by atoms with Crippen LogP contribution in [0.15, 0.2) is 218 Å². The quantitative estimate of drug-likeness (QED) is 0.0188. The van der Waals surface area contributed by atoms with Crippen LogP contribution in [0.25, 0.3) is 74.7 Å². The molecule has 0 saturated heterocycles. The maximum atomic E-state index is 10.0. The predicted octanol–water partition coefficient (Wildman–Crippen LogP) is 30.7. The van der Waals surface area contributed by atoms with Crippen molar-refractivity contribution in [3.63, 3.8) is 0 Å². The standard InChI is InChI=1S/C43H52O3.C31H46O.2C13H8NS.C5H8O2.Ir/c1-5-7-9-11-13-15-25-44-33-19-23-39-37(29-33)38-30-34(45-26-16-14-12-10-8-6-2)20-24-40(38)43(39)41-27-31(3)17-21-35(41)36-22-18-32(4)28-42(36)46-43;1-5-7-9-11-13-15-21-31(22-16-14-12-10-8-6-2)29-23-25(3)17-19-27(29)28-20-18-26(4)24-30(28)32-31;2*1-2-7-12-10(5-1)9-13(15-12)11-6-3-4-8-14-11;1-4(6)3-5(2)7;/h17-24,27-30H,5-16,25-26H2,1-4H3;17-20,23-24H,5-16,21-22H2,1-4H3;2*1-8H;3,6H,1-2H3;/q;;2*-1;;. The number of ether oxygens (including phenoxy) is 4. The average molecular weight is 1760 g/mol. The van der Waals surface area contributed by atoms with E-state index in [0.717, 1.165) is 88.6 Å². The third-order valence-electron chi connectivity index (χ3n) is 22.0. The molecule has 1 radical (unpaired) electrons. The fourth-order valence-electron chi connectivity index (χ4n) is 16.0. The van der Waals surface area contributed by atoms with Crippen LogP contribution in [0.5, 0.6) is 23.0 Å². The number of allylic oxidation sites excluding steroid dienone is 2. The number of ketones is 1. The van der Waals surface area contributed by atoms with E-state index in [9.17, 15) is 4.79 Å². The molecule has 6 heterocycles. The van der Waals surface area contributed by atoms with E-state index in [1.54, 1.807) is 22.7 Å². The SMILES string of the molecule is CC(=O)C=C(C)O.CCCCCCCCC1(CCCCCCCC)Oc2cc(C)ccc2-c2ccc(C)cc21.CCCCCCCCOc1ccc2c(c1)-c1cc(OCCCCCCCC)ccc1C21Oc2cc(C)ccc2-c2ccc(C)cc21.[Ir].[c-]1c(-c2ccccn2)sc2ccccc12.[c-]1c(-c2ccccn2)sc2ccccc12. The van der Waals surface area contributed by atoms with E-state index in [-0.39, 0.29) is 37.2 Å². The number of nitrogens with zero attached hydrogens (tertiary/aromatic N) is 2. The minimum absolute atomic E-state index is 0. The first-order chi connectivity index (χ1) is 56.1. The van der Waals surface area contributed by atoms with Crippen molar-refractivity contribution in [1.82, 2.24) is 9.97 Å². The van der Waals surface area contributed by atoms with Gasteiger partial charge in [0.2, 0.25) is 0 Å².